The highest BCUT2D eigenvalue weighted by atomic mass is 16.7. The van der Waals surface area contributed by atoms with E-state index < -0.39 is 5.97 Å². The van der Waals surface area contributed by atoms with E-state index in [1.54, 1.807) is 49.7 Å². The van der Waals surface area contributed by atoms with Crippen molar-refractivity contribution >= 4 is 11.8 Å². The van der Waals surface area contributed by atoms with E-state index in [1.165, 1.54) is 6.20 Å². The Morgan fingerprint density at radius 1 is 1.29 bits per heavy atom. The van der Waals surface area contributed by atoms with Gasteiger partial charge in [-0.2, -0.15) is 0 Å². The van der Waals surface area contributed by atoms with Gasteiger partial charge in [0.1, 0.15) is 5.75 Å². The maximum absolute atomic E-state index is 11.7. The van der Waals surface area contributed by atoms with Gasteiger partial charge in [-0.05, 0) is 29.8 Å². The van der Waals surface area contributed by atoms with E-state index in [-0.39, 0.29) is 12.3 Å². The van der Waals surface area contributed by atoms with Crippen LogP contribution in [0.2, 0.25) is 0 Å². The third kappa shape index (κ3) is 4.31. The van der Waals surface area contributed by atoms with Crippen LogP contribution >= 0.6 is 0 Å². The lowest BCUT2D eigenvalue weighted by Crippen LogP contribution is -2.16. The molecule has 1 aromatic heterocycles. The second-order valence-electron chi connectivity index (χ2n) is 4.21. The van der Waals surface area contributed by atoms with Crippen LogP contribution in [0.15, 0.2) is 53.9 Å². The Bertz CT molecular complexity index is 624. The Labute approximate surface area is 122 Å². The number of nitrogens with zero attached hydrogens (tertiary/aromatic N) is 2. The molecule has 2 rings (SSSR count). The normalized spacial score (nSPS) is 11.0. The first-order chi connectivity index (χ1) is 10.2. The molecular formula is C15H15N3O3. The molecule has 2 N–H and O–H groups in total. The van der Waals surface area contributed by atoms with E-state index in [0.29, 0.717) is 5.56 Å². The van der Waals surface area contributed by atoms with Crippen LogP contribution in [0.3, 0.4) is 0 Å². The zero-order valence-electron chi connectivity index (χ0n) is 11.5. The molecule has 1 heterocycles. The van der Waals surface area contributed by atoms with E-state index >= 15 is 0 Å². The van der Waals surface area contributed by atoms with Crippen LogP contribution in [-0.4, -0.2) is 23.9 Å². The third-order valence-electron chi connectivity index (χ3n) is 2.71. The van der Waals surface area contributed by atoms with Gasteiger partial charge < -0.3 is 15.3 Å². The number of methoxy groups -OCH3 is 1. The maximum atomic E-state index is 11.7. The van der Waals surface area contributed by atoms with Crippen LogP contribution < -0.4 is 10.5 Å². The van der Waals surface area contributed by atoms with Crippen LogP contribution in [0.25, 0.3) is 0 Å². The van der Waals surface area contributed by atoms with Crippen LogP contribution in [0.5, 0.6) is 5.75 Å². The van der Waals surface area contributed by atoms with Crippen molar-refractivity contribution in [3.63, 3.8) is 0 Å². The fraction of sp³-hybridized carbons (Fsp3) is 0.133. The number of carbonyl (C=O) groups excluding carboxylic acids is 1. The van der Waals surface area contributed by atoms with Gasteiger partial charge in [-0.3, -0.25) is 4.98 Å². The van der Waals surface area contributed by atoms with Crippen LogP contribution in [-0.2, 0) is 16.1 Å². The smallest absolute Gasteiger partial charge is 0.339 e. The molecule has 0 radical (unpaired) electrons. The second kappa shape index (κ2) is 7.04. The molecule has 6 nitrogen and oxygen atoms in total. The average Bonchev–Trinajstić information content (AvgIpc) is 2.54. The molecule has 0 amide bonds. The van der Waals surface area contributed by atoms with E-state index in [0.717, 1.165) is 11.3 Å². The molecule has 0 bridgehead atoms. The van der Waals surface area contributed by atoms with Crippen molar-refractivity contribution in [1.29, 1.82) is 0 Å². The topological polar surface area (TPSA) is 86.8 Å². The third-order valence-corrected chi connectivity index (χ3v) is 2.71. The van der Waals surface area contributed by atoms with Crippen molar-refractivity contribution in [3.05, 3.63) is 59.9 Å². The number of amidine groups is 1. The SMILES string of the molecule is COc1ccc(CC(=O)O/N=C(/N)c2cccnc2)cc1. The van der Waals surface area contributed by atoms with Crippen molar-refractivity contribution in [1.82, 2.24) is 4.98 Å². The standard InChI is InChI=1S/C15H15N3O3/c1-20-13-6-4-11(5-7-13)9-14(19)21-18-15(16)12-3-2-8-17-10-12/h2-8,10H,9H2,1H3,(H2,16,18). The first-order valence-electron chi connectivity index (χ1n) is 6.25. The van der Waals surface area contributed by atoms with Crippen molar-refractivity contribution in [3.8, 4) is 5.75 Å². The summed E-state index contributed by atoms with van der Waals surface area (Å²) in [7, 11) is 1.58. The Kier molecular flexibility index (Phi) is 4.87. The number of ether oxygens (including phenoxy) is 1. The molecular weight excluding hydrogens is 270 g/mol. The minimum absolute atomic E-state index is 0.103. The Balaban J connectivity index is 1.92. The lowest BCUT2D eigenvalue weighted by atomic mass is 10.1. The number of benzene rings is 1. The highest BCUT2D eigenvalue weighted by molar-refractivity contribution is 5.97. The monoisotopic (exact) mass is 285 g/mol. The van der Waals surface area contributed by atoms with Gasteiger partial charge in [-0.25, -0.2) is 4.79 Å². The molecule has 108 valence electrons. The number of pyridine rings is 1. The molecule has 0 unspecified atom stereocenters. The van der Waals surface area contributed by atoms with E-state index in [1.807, 2.05) is 0 Å². The zero-order chi connectivity index (χ0) is 15.1. The van der Waals surface area contributed by atoms with Gasteiger partial charge in [0.2, 0.25) is 0 Å². The molecule has 2 aromatic rings. The summed E-state index contributed by atoms with van der Waals surface area (Å²) in [5.74, 6) is 0.337. The maximum Gasteiger partial charge on any atom is 0.339 e. The van der Waals surface area contributed by atoms with Crippen molar-refractivity contribution in [2.45, 2.75) is 6.42 Å². The number of oxime groups is 1. The summed E-state index contributed by atoms with van der Waals surface area (Å²) < 4.78 is 5.04. The minimum atomic E-state index is -0.494. The number of rotatable bonds is 5. The first-order valence-corrected chi connectivity index (χ1v) is 6.25. The number of nitrogens with two attached hydrogens (primary N) is 1. The second-order valence-corrected chi connectivity index (χ2v) is 4.21. The minimum Gasteiger partial charge on any atom is -0.497 e. The Hall–Kier alpha value is -2.89. The molecule has 0 saturated carbocycles. The summed E-state index contributed by atoms with van der Waals surface area (Å²) >= 11 is 0. The van der Waals surface area contributed by atoms with E-state index in [2.05, 4.69) is 10.1 Å². The number of hydrogen-bond acceptors (Lipinski definition) is 5. The highest BCUT2D eigenvalue weighted by Crippen LogP contribution is 2.12. The van der Waals surface area contributed by atoms with E-state index in [9.17, 15) is 4.79 Å². The average molecular weight is 285 g/mol. The van der Waals surface area contributed by atoms with Crippen LogP contribution in [0.4, 0.5) is 0 Å². The fourth-order valence-electron chi connectivity index (χ4n) is 1.61. The first kappa shape index (κ1) is 14.5. The molecule has 0 aliphatic carbocycles. The molecule has 21 heavy (non-hydrogen) atoms. The summed E-state index contributed by atoms with van der Waals surface area (Å²) in [6, 6.07) is 10.6. The molecule has 0 atom stereocenters. The number of hydrogen-bond donors (Lipinski definition) is 1. The van der Waals surface area contributed by atoms with Crippen LogP contribution in [0.1, 0.15) is 11.1 Å². The molecule has 0 saturated heterocycles. The Morgan fingerprint density at radius 3 is 2.67 bits per heavy atom. The summed E-state index contributed by atoms with van der Waals surface area (Å²) in [5.41, 5.74) is 7.08. The van der Waals surface area contributed by atoms with Crippen molar-refractivity contribution < 1.29 is 14.4 Å². The number of aromatic nitrogens is 1. The molecule has 0 aliphatic heterocycles. The summed E-state index contributed by atoms with van der Waals surface area (Å²) in [6.07, 6.45) is 3.26. The van der Waals surface area contributed by atoms with Crippen molar-refractivity contribution in [2.24, 2.45) is 10.9 Å². The van der Waals surface area contributed by atoms with Gasteiger partial charge in [0.05, 0.1) is 13.5 Å². The van der Waals surface area contributed by atoms with Gasteiger partial charge in [0.25, 0.3) is 0 Å². The fourth-order valence-corrected chi connectivity index (χ4v) is 1.61. The van der Waals surface area contributed by atoms with Gasteiger partial charge in [-0.1, -0.05) is 17.3 Å². The largest absolute Gasteiger partial charge is 0.497 e. The molecule has 0 aliphatic rings. The van der Waals surface area contributed by atoms with Gasteiger partial charge >= 0.3 is 5.97 Å². The van der Waals surface area contributed by atoms with Gasteiger partial charge in [0, 0.05) is 18.0 Å². The predicted molar refractivity (Wildman–Crippen MR) is 77.8 cm³/mol. The quantitative estimate of drug-likeness (QED) is 0.389. The zero-order valence-corrected chi connectivity index (χ0v) is 11.5. The lowest BCUT2D eigenvalue weighted by Gasteiger charge is -2.03. The number of carbonyl (C=O) groups is 1. The lowest BCUT2D eigenvalue weighted by molar-refractivity contribution is -0.142. The van der Waals surface area contributed by atoms with Crippen molar-refractivity contribution in [2.75, 3.05) is 7.11 Å². The van der Waals surface area contributed by atoms with E-state index in [4.69, 9.17) is 15.3 Å². The molecule has 0 fully saturated rings. The molecule has 1 aromatic carbocycles. The van der Waals surface area contributed by atoms with Gasteiger partial charge in [0.15, 0.2) is 5.84 Å². The van der Waals surface area contributed by atoms with Crippen LogP contribution in [0, 0.1) is 0 Å². The Morgan fingerprint density at radius 2 is 2.05 bits per heavy atom. The van der Waals surface area contributed by atoms with Gasteiger partial charge in [-0.15, -0.1) is 0 Å². The summed E-state index contributed by atoms with van der Waals surface area (Å²) in [5, 5.41) is 3.60. The summed E-state index contributed by atoms with van der Waals surface area (Å²) in [4.78, 5) is 20.4. The highest BCUT2D eigenvalue weighted by Gasteiger charge is 2.06. The summed E-state index contributed by atoms with van der Waals surface area (Å²) in [6.45, 7) is 0. The molecule has 6 heteroatoms. The predicted octanol–water partition coefficient (Wildman–Crippen LogP) is 1.50. The molecule has 0 spiro atoms.